The van der Waals surface area contributed by atoms with E-state index in [9.17, 15) is 31.5 Å². The molecule has 0 heterocycles. The van der Waals surface area contributed by atoms with Gasteiger partial charge in [0.25, 0.3) is 0 Å². The van der Waals surface area contributed by atoms with Gasteiger partial charge in [-0.05, 0) is 78.9 Å². The number of rotatable bonds is 14. The number of nitrogens with two attached hydrogens (primary N) is 2. The molecule has 3 aromatic carbocycles. The molecule has 0 atom stereocenters. The molecule has 230 valence electrons. The Morgan fingerprint density at radius 2 is 1.40 bits per heavy atom. The molecule has 3 rings (SSSR count). The van der Waals surface area contributed by atoms with Crippen molar-refractivity contribution in [2.45, 2.75) is 44.4 Å². The normalized spacial score (nSPS) is 11.8. The minimum Gasteiger partial charge on any atom is -0.459 e. The topological polar surface area (TPSA) is 114 Å². The van der Waals surface area contributed by atoms with E-state index in [0.717, 1.165) is 11.6 Å². The van der Waals surface area contributed by atoms with Crippen LogP contribution in [0.5, 0.6) is 5.75 Å². The first-order valence-corrected chi connectivity index (χ1v) is 13.3. The SMILES string of the molecule is Nc1cc(N)cc(C(=O)OCCOC(=O)/C=C/c2ccc(OC(F)(F)c3ccc(CCCCCC(F)(F)F)cc3)cc2)c1. The lowest BCUT2D eigenvalue weighted by Crippen LogP contribution is -2.21. The van der Waals surface area contributed by atoms with Gasteiger partial charge in [-0.1, -0.05) is 30.7 Å². The van der Waals surface area contributed by atoms with E-state index in [1.807, 2.05) is 0 Å². The molecule has 4 N–H and O–H groups in total. The van der Waals surface area contributed by atoms with Crippen LogP contribution in [0.3, 0.4) is 0 Å². The number of hydrogen-bond acceptors (Lipinski definition) is 7. The van der Waals surface area contributed by atoms with Crippen molar-refractivity contribution in [3.63, 3.8) is 0 Å². The molecular weight excluding hydrogens is 575 g/mol. The maximum Gasteiger partial charge on any atom is 0.426 e. The van der Waals surface area contributed by atoms with Crippen LogP contribution in [0, 0.1) is 0 Å². The van der Waals surface area contributed by atoms with Gasteiger partial charge < -0.3 is 25.7 Å². The first-order chi connectivity index (χ1) is 20.3. The van der Waals surface area contributed by atoms with Crippen molar-refractivity contribution < 1.29 is 45.8 Å². The fourth-order valence-electron chi connectivity index (χ4n) is 3.92. The molecule has 0 spiro atoms. The van der Waals surface area contributed by atoms with E-state index in [4.69, 9.17) is 25.7 Å². The molecule has 7 nitrogen and oxygen atoms in total. The lowest BCUT2D eigenvalue weighted by atomic mass is 10.0. The third kappa shape index (κ3) is 11.7. The number of nitrogen functional groups attached to an aromatic ring is 2. The summed E-state index contributed by atoms with van der Waals surface area (Å²) in [5.41, 5.74) is 12.9. The molecule has 0 saturated heterocycles. The fourth-order valence-corrected chi connectivity index (χ4v) is 3.92. The molecule has 0 aromatic heterocycles. The van der Waals surface area contributed by atoms with Gasteiger partial charge in [-0.3, -0.25) is 0 Å². The van der Waals surface area contributed by atoms with Crippen molar-refractivity contribution in [3.05, 3.63) is 95.1 Å². The predicted molar refractivity (Wildman–Crippen MR) is 151 cm³/mol. The smallest absolute Gasteiger partial charge is 0.426 e. The van der Waals surface area contributed by atoms with Crippen LogP contribution < -0.4 is 16.2 Å². The molecule has 0 aliphatic rings. The third-order valence-corrected chi connectivity index (χ3v) is 6.03. The predicted octanol–water partition coefficient (Wildman–Crippen LogP) is 7.06. The van der Waals surface area contributed by atoms with Gasteiger partial charge in [0.2, 0.25) is 0 Å². The lowest BCUT2D eigenvalue weighted by Gasteiger charge is -2.18. The van der Waals surface area contributed by atoms with Gasteiger partial charge in [-0.2, -0.15) is 22.0 Å². The van der Waals surface area contributed by atoms with E-state index in [0.29, 0.717) is 36.2 Å². The summed E-state index contributed by atoms with van der Waals surface area (Å²) < 4.78 is 80.8. The Hall–Kier alpha value is -4.61. The zero-order chi connectivity index (χ0) is 31.5. The van der Waals surface area contributed by atoms with E-state index in [1.54, 1.807) is 0 Å². The third-order valence-electron chi connectivity index (χ3n) is 6.03. The molecule has 0 aliphatic heterocycles. The second-order valence-corrected chi connectivity index (χ2v) is 9.59. The first-order valence-electron chi connectivity index (χ1n) is 13.3. The van der Waals surface area contributed by atoms with Gasteiger partial charge in [0.1, 0.15) is 19.0 Å². The Morgan fingerprint density at radius 3 is 2.02 bits per heavy atom. The molecule has 3 aromatic rings. The Balaban J connectivity index is 1.40. The summed E-state index contributed by atoms with van der Waals surface area (Å²) in [6.45, 7) is -0.390. The zero-order valence-electron chi connectivity index (χ0n) is 23.0. The molecular formula is C31H31F5N2O5. The number of hydrogen-bond donors (Lipinski definition) is 2. The average molecular weight is 607 g/mol. The summed E-state index contributed by atoms with van der Waals surface area (Å²) in [5, 5.41) is 0. The molecule has 0 unspecified atom stereocenters. The summed E-state index contributed by atoms with van der Waals surface area (Å²) in [6, 6.07) is 15.3. The number of halogens is 5. The minimum absolute atomic E-state index is 0.0357. The number of esters is 2. The fraction of sp³-hybridized carbons (Fsp3) is 0.290. The molecule has 0 bridgehead atoms. The highest BCUT2D eigenvalue weighted by molar-refractivity contribution is 5.91. The molecule has 0 saturated carbocycles. The van der Waals surface area contributed by atoms with Crippen molar-refractivity contribution in [3.8, 4) is 5.75 Å². The second kappa shape index (κ2) is 15.0. The van der Waals surface area contributed by atoms with Crippen LogP contribution >= 0.6 is 0 Å². The van der Waals surface area contributed by atoms with Crippen molar-refractivity contribution >= 4 is 29.4 Å². The summed E-state index contributed by atoms with van der Waals surface area (Å²) in [4.78, 5) is 23.9. The van der Waals surface area contributed by atoms with Crippen molar-refractivity contribution in [2.75, 3.05) is 24.7 Å². The molecule has 0 aliphatic carbocycles. The summed E-state index contributed by atoms with van der Waals surface area (Å²) >= 11 is 0. The van der Waals surface area contributed by atoms with Crippen molar-refractivity contribution in [1.82, 2.24) is 0 Å². The second-order valence-electron chi connectivity index (χ2n) is 9.59. The van der Waals surface area contributed by atoms with Crippen LogP contribution in [0.25, 0.3) is 6.08 Å². The Morgan fingerprint density at radius 1 is 0.767 bits per heavy atom. The van der Waals surface area contributed by atoms with E-state index >= 15 is 0 Å². The molecule has 0 fully saturated rings. The summed E-state index contributed by atoms with van der Waals surface area (Å²) in [7, 11) is 0. The molecule has 12 heteroatoms. The van der Waals surface area contributed by atoms with Crippen LogP contribution in [-0.2, 0) is 26.8 Å². The number of aryl methyl sites for hydroxylation is 1. The highest BCUT2D eigenvalue weighted by Gasteiger charge is 2.34. The highest BCUT2D eigenvalue weighted by Crippen LogP contribution is 2.32. The number of unbranched alkanes of at least 4 members (excludes halogenated alkanes) is 2. The largest absolute Gasteiger partial charge is 0.459 e. The number of carbonyl (C=O) groups is 2. The van der Waals surface area contributed by atoms with Gasteiger partial charge in [-0.25, -0.2) is 9.59 Å². The van der Waals surface area contributed by atoms with Gasteiger partial charge >= 0.3 is 24.2 Å². The Bertz CT molecular complexity index is 1370. The van der Waals surface area contributed by atoms with Gasteiger partial charge in [0, 0.05) is 23.9 Å². The molecule has 43 heavy (non-hydrogen) atoms. The standard InChI is InChI=1S/C31H31F5N2O5/c32-30(33,34)15-3-1-2-4-21-5-10-24(11-6-21)31(35,36)43-27-12-7-22(8-13-27)9-14-28(39)41-16-17-42-29(40)23-18-25(37)20-26(38)19-23/h5-14,18-20H,1-4,15-17,37-38H2/b14-9+. The summed E-state index contributed by atoms with van der Waals surface area (Å²) in [5.74, 6) is -1.49. The number of alkyl halides is 5. The zero-order valence-corrected chi connectivity index (χ0v) is 23.0. The molecule has 0 radical (unpaired) electrons. The van der Waals surface area contributed by atoms with E-state index in [2.05, 4.69) is 0 Å². The van der Waals surface area contributed by atoms with Crippen LogP contribution in [-0.4, -0.2) is 31.3 Å². The van der Waals surface area contributed by atoms with Crippen molar-refractivity contribution in [2.24, 2.45) is 0 Å². The maximum absolute atomic E-state index is 14.7. The van der Waals surface area contributed by atoms with E-state index in [-0.39, 0.29) is 36.5 Å². The van der Waals surface area contributed by atoms with Crippen LogP contribution in [0.15, 0.2) is 72.8 Å². The van der Waals surface area contributed by atoms with Crippen LogP contribution in [0.1, 0.15) is 52.7 Å². The Kier molecular flexibility index (Phi) is 11.5. The van der Waals surface area contributed by atoms with Gasteiger partial charge in [0.05, 0.1) is 11.1 Å². The number of carbonyl (C=O) groups excluding carboxylic acids is 2. The van der Waals surface area contributed by atoms with Crippen LogP contribution in [0.4, 0.5) is 33.3 Å². The maximum atomic E-state index is 14.7. The summed E-state index contributed by atoms with van der Waals surface area (Å²) in [6.07, 6.45) is -4.65. The number of benzene rings is 3. The monoisotopic (exact) mass is 606 g/mol. The van der Waals surface area contributed by atoms with Gasteiger partial charge in [-0.15, -0.1) is 0 Å². The minimum atomic E-state index is -4.17. The van der Waals surface area contributed by atoms with E-state index in [1.165, 1.54) is 72.8 Å². The number of ether oxygens (including phenoxy) is 3. The van der Waals surface area contributed by atoms with Gasteiger partial charge in [0.15, 0.2) is 0 Å². The van der Waals surface area contributed by atoms with E-state index < -0.39 is 30.6 Å². The van der Waals surface area contributed by atoms with Crippen molar-refractivity contribution in [1.29, 1.82) is 0 Å². The lowest BCUT2D eigenvalue weighted by molar-refractivity contribution is -0.185. The number of anilines is 2. The molecule has 0 amide bonds. The quantitative estimate of drug-likeness (QED) is 0.0664. The van der Waals surface area contributed by atoms with Crippen LogP contribution in [0.2, 0.25) is 0 Å². The Labute approximate surface area is 245 Å². The average Bonchev–Trinajstić information content (AvgIpc) is 2.93. The first kappa shape index (κ1) is 32.9. The highest BCUT2D eigenvalue weighted by atomic mass is 19.4.